The van der Waals surface area contributed by atoms with Crippen molar-refractivity contribution in [3.8, 4) is 12.3 Å². The summed E-state index contributed by atoms with van der Waals surface area (Å²) < 4.78 is 0. The molecule has 3 rings (SSSR count). The number of aryl methyl sites for hydroxylation is 3. The normalized spacial score (nSPS) is 20.9. The van der Waals surface area contributed by atoms with Crippen molar-refractivity contribution in [2.45, 2.75) is 25.4 Å². The Morgan fingerprint density at radius 1 is 1.05 bits per heavy atom. The van der Waals surface area contributed by atoms with E-state index in [0.717, 1.165) is 40.7 Å². The Morgan fingerprint density at radius 3 is 2.47 bits per heavy atom. The highest BCUT2D eigenvalue weighted by Crippen LogP contribution is 2.37. The van der Waals surface area contributed by atoms with Crippen molar-refractivity contribution in [2.24, 2.45) is 0 Å². The van der Waals surface area contributed by atoms with Crippen molar-refractivity contribution < 1.29 is 5.11 Å². The minimum absolute atomic E-state index is 0.849. The zero-order valence-electron chi connectivity index (χ0n) is 11.0. The molecule has 0 spiro atoms. The summed E-state index contributed by atoms with van der Waals surface area (Å²) >= 11 is 0. The van der Waals surface area contributed by atoms with Gasteiger partial charge in [-0.15, -0.1) is 6.42 Å². The Bertz CT molecular complexity index is 678. The number of hydrogen-bond donors (Lipinski definition) is 1. The van der Waals surface area contributed by atoms with Crippen molar-refractivity contribution in [1.82, 2.24) is 0 Å². The number of hydrogen-bond acceptors (Lipinski definition) is 1. The first-order chi connectivity index (χ1) is 9.15. The quantitative estimate of drug-likeness (QED) is 0.711. The maximum Gasteiger partial charge on any atom is 0.177 e. The largest absolute Gasteiger partial charge is 0.369 e. The molecule has 0 bridgehead atoms. The third-order valence-electron chi connectivity index (χ3n) is 3.93. The van der Waals surface area contributed by atoms with Gasteiger partial charge in [-0.3, -0.25) is 0 Å². The van der Waals surface area contributed by atoms with Crippen molar-refractivity contribution in [2.75, 3.05) is 0 Å². The molecule has 0 radical (unpaired) electrons. The van der Waals surface area contributed by atoms with Crippen molar-refractivity contribution in [3.63, 3.8) is 0 Å². The molecule has 1 heteroatoms. The Hall–Kier alpha value is -2.04. The summed E-state index contributed by atoms with van der Waals surface area (Å²) in [5.74, 6) is 2.62. The molecule has 0 aliphatic heterocycles. The van der Waals surface area contributed by atoms with Gasteiger partial charge < -0.3 is 5.11 Å². The van der Waals surface area contributed by atoms with E-state index in [9.17, 15) is 5.11 Å². The van der Waals surface area contributed by atoms with Crippen molar-refractivity contribution >= 4 is 0 Å². The Labute approximate surface area is 113 Å². The third-order valence-corrected chi connectivity index (χ3v) is 3.93. The summed E-state index contributed by atoms with van der Waals surface area (Å²) in [5, 5.41) is 11.1. The van der Waals surface area contributed by atoms with E-state index in [1.807, 2.05) is 31.2 Å². The van der Waals surface area contributed by atoms with E-state index in [0.29, 0.717) is 0 Å². The summed E-state index contributed by atoms with van der Waals surface area (Å²) in [4.78, 5) is 0. The monoisotopic (exact) mass is 248 g/mol. The molecule has 0 saturated carbocycles. The fraction of sp³-hybridized carbons (Fsp3) is 0.222. The molecule has 0 fully saturated rings. The molecule has 0 aromatic heterocycles. The van der Waals surface area contributed by atoms with Crippen molar-refractivity contribution in [3.05, 3.63) is 70.3 Å². The second kappa shape index (κ2) is 4.26. The van der Waals surface area contributed by atoms with Gasteiger partial charge in [-0.1, -0.05) is 53.9 Å². The van der Waals surface area contributed by atoms with E-state index in [1.54, 1.807) is 0 Å². The third kappa shape index (κ3) is 1.77. The van der Waals surface area contributed by atoms with Gasteiger partial charge in [0.1, 0.15) is 0 Å². The number of rotatable bonds is 0. The van der Waals surface area contributed by atoms with E-state index in [-0.39, 0.29) is 0 Å². The fourth-order valence-electron chi connectivity index (χ4n) is 2.91. The second-order valence-corrected chi connectivity index (χ2v) is 5.17. The van der Waals surface area contributed by atoms with Crippen LogP contribution in [0, 0.1) is 19.3 Å². The van der Waals surface area contributed by atoms with Gasteiger partial charge in [0.05, 0.1) is 0 Å². The zero-order chi connectivity index (χ0) is 13.5. The molecule has 1 aliphatic carbocycles. The minimum atomic E-state index is -1.31. The predicted octanol–water partition coefficient (Wildman–Crippen LogP) is 2.96. The minimum Gasteiger partial charge on any atom is -0.369 e. The molecule has 0 heterocycles. The van der Waals surface area contributed by atoms with E-state index < -0.39 is 5.60 Å². The molecule has 1 N–H and O–H groups in total. The van der Waals surface area contributed by atoms with Crippen LogP contribution in [0.1, 0.15) is 27.8 Å². The standard InChI is InChI=1S/C18H16O/c1-3-18(19)16-7-5-4-6-14(16)10-11-15-9-8-13(2)12-17(15)18/h1,4-9,12,19H,10-11H2,2H3. The molecule has 2 aromatic rings. The summed E-state index contributed by atoms with van der Waals surface area (Å²) in [6.45, 7) is 2.02. The lowest BCUT2D eigenvalue weighted by atomic mass is 9.83. The first-order valence-electron chi connectivity index (χ1n) is 6.53. The van der Waals surface area contributed by atoms with E-state index >= 15 is 0 Å². The van der Waals surface area contributed by atoms with Gasteiger partial charge in [0.2, 0.25) is 0 Å². The lowest BCUT2D eigenvalue weighted by Crippen LogP contribution is -2.26. The highest BCUT2D eigenvalue weighted by atomic mass is 16.3. The zero-order valence-corrected chi connectivity index (χ0v) is 11.0. The molecule has 1 aliphatic rings. The summed E-state index contributed by atoms with van der Waals surface area (Å²) in [6.07, 6.45) is 7.51. The van der Waals surface area contributed by atoms with Crippen LogP contribution in [0.2, 0.25) is 0 Å². The molecule has 1 nitrogen and oxygen atoms in total. The first-order valence-corrected chi connectivity index (χ1v) is 6.53. The molecule has 0 amide bonds. The van der Waals surface area contributed by atoms with Crippen LogP contribution < -0.4 is 0 Å². The highest BCUT2D eigenvalue weighted by molar-refractivity contribution is 5.53. The number of fused-ring (bicyclic) bond motifs is 2. The smallest absolute Gasteiger partial charge is 0.177 e. The lowest BCUT2D eigenvalue weighted by Gasteiger charge is -2.25. The van der Waals surface area contributed by atoms with Crippen LogP contribution in [0.4, 0.5) is 0 Å². The highest BCUT2D eigenvalue weighted by Gasteiger charge is 2.35. The Kier molecular flexibility index (Phi) is 2.69. The fourth-order valence-corrected chi connectivity index (χ4v) is 2.91. The van der Waals surface area contributed by atoms with Gasteiger partial charge in [-0.05, 0) is 30.9 Å². The van der Waals surface area contributed by atoms with Crippen LogP contribution in [0.15, 0.2) is 42.5 Å². The second-order valence-electron chi connectivity index (χ2n) is 5.17. The van der Waals surface area contributed by atoms with E-state index in [4.69, 9.17) is 6.42 Å². The van der Waals surface area contributed by atoms with Gasteiger partial charge in [0.25, 0.3) is 0 Å². The summed E-state index contributed by atoms with van der Waals surface area (Å²) in [7, 11) is 0. The van der Waals surface area contributed by atoms with Crippen LogP contribution in [0.5, 0.6) is 0 Å². The maximum absolute atomic E-state index is 11.1. The molecule has 19 heavy (non-hydrogen) atoms. The number of benzene rings is 2. The Morgan fingerprint density at radius 2 is 1.74 bits per heavy atom. The van der Waals surface area contributed by atoms with Gasteiger partial charge >= 0.3 is 0 Å². The topological polar surface area (TPSA) is 20.2 Å². The maximum atomic E-state index is 11.1. The van der Waals surface area contributed by atoms with Gasteiger partial charge in [0.15, 0.2) is 5.60 Å². The molecular weight excluding hydrogens is 232 g/mol. The molecule has 1 atom stereocenters. The van der Waals surface area contributed by atoms with Gasteiger partial charge in [-0.2, -0.15) is 0 Å². The molecule has 1 unspecified atom stereocenters. The molecule has 94 valence electrons. The lowest BCUT2D eigenvalue weighted by molar-refractivity contribution is 0.144. The van der Waals surface area contributed by atoms with Crippen LogP contribution >= 0.6 is 0 Å². The average molecular weight is 248 g/mol. The molecule has 2 aromatic carbocycles. The van der Waals surface area contributed by atoms with Crippen LogP contribution in [0.25, 0.3) is 0 Å². The van der Waals surface area contributed by atoms with Gasteiger partial charge in [-0.25, -0.2) is 0 Å². The molecule has 0 saturated heterocycles. The first kappa shape index (κ1) is 12.0. The van der Waals surface area contributed by atoms with Crippen molar-refractivity contribution in [1.29, 1.82) is 0 Å². The SMILES string of the molecule is C#CC1(O)c2ccccc2CCc2ccc(C)cc21. The number of terminal acetylenes is 1. The Balaban J connectivity index is 2.34. The molecular formula is C18H16O. The van der Waals surface area contributed by atoms with Crippen LogP contribution in [0.3, 0.4) is 0 Å². The van der Waals surface area contributed by atoms with Crippen LogP contribution in [-0.4, -0.2) is 5.11 Å². The van der Waals surface area contributed by atoms with Gasteiger partial charge in [0, 0.05) is 11.1 Å². The summed E-state index contributed by atoms with van der Waals surface area (Å²) in [5.41, 5.74) is 3.79. The summed E-state index contributed by atoms with van der Waals surface area (Å²) in [6, 6.07) is 14.1. The van der Waals surface area contributed by atoms with E-state index in [2.05, 4.69) is 24.1 Å². The van der Waals surface area contributed by atoms with E-state index in [1.165, 1.54) is 0 Å². The average Bonchev–Trinajstić information content (AvgIpc) is 2.56. The predicted molar refractivity (Wildman–Crippen MR) is 76.9 cm³/mol. The van der Waals surface area contributed by atoms with Crippen LogP contribution in [-0.2, 0) is 18.4 Å². The number of aliphatic hydroxyl groups is 1.